The molecule has 0 radical (unpaired) electrons. The molecule has 0 saturated carbocycles. The molecule has 5 heteroatoms. The number of aromatic nitrogens is 1. The third-order valence-electron chi connectivity index (χ3n) is 5.11. The van der Waals surface area contributed by atoms with E-state index in [0.29, 0.717) is 6.10 Å². The van der Waals surface area contributed by atoms with Crippen molar-refractivity contribution in [1.29, 1.82) is 0 Å². The summed E-state index contributed by atoms with van der Waals surface area (Å²) in [5.74, 6) is 0.938. The highest BCUT2D eigenvalue weighted by molar-refractivity contribution is 5.81. The minimum absolute atomic E-state index is 0.0310. The van der Waals surface area contributed by atoms with Crippen LogP contribution >= 0.6 is 0 Å². The largest absolute Gasteiger partial charge is 0.392 e. The zero-order valence-electron chi connectivity index (χ0n) is 14.0. The summed E-state index contributed by atoms with van der Waals surface area (Å²) >= 11 is 0. The molecule has 2 aromatic rings. The van der Waals surface area contributed by atoms with Crippen molar-refractivity contribution in [3.63, 3.8) is 0 Å². The van der Waals surface area contributed by atoms with E-state index in [1.165, 1.54) is 12.8 Å². The van der Waals surface area contributed by atoms with Crippen LogP contribution in [0.1, 0.15) is 18.4 Å². The van der Waals surface area contributed by atoms with Gasteiger partial charge in [0.25, 0.3) is 0 Å². The third-order valence-corrected chi connectivity index (χ3v) is 5.11. The van der Waals surface area contributed by atoms with Gasteiger partial charge in [-0.05, 0) is 25.0 Å². The maximum absolute atomic E-state index is 9.76. The van der Waals surface area contributed by atoms with E-state index in [1.54, 1.807) is 0 Å². The molecule has 1 unspecified atom stereocenters. The maximum Gasteiger partial charge on any atom is 0.134 e. The molecule has 0 bridgehead atoms. The molecule has 2 fully saturated rings. The van der Waals surface area contributed by atoms with Crippen molar-refractivity contribution in [1.82, 2.24) is 9.88 Å². The lowest BCUT2D eigenvalue weighted by molar-refractivity contribution is 0.0712. The quantitative estimate of drug-likeness (QED) is 0.931. The highest BCUT2D eigenvalue weighted by Gasteiger charge is 2.24. The van der Waals surface area contributed by atoms with Crippen molar-refractivity contribution >= 4 is 16.7 Å². The Morgan fingerprint density at radius 2 is 2.00 bits per heavy atom. The van der Waals surface area contributed by atoms with E-state index in [0.717, 1.165) is 61.6 Å². The molecule has 2 aliphatic heterocycles. The lowest BCUT2D eigenvalue weighted by atomic mass is 10.1. The van der Waals surface area contributed by atoms with Crippen LogP contribution in [0.3, 0.4) is 0 Å². The van der Waals surface area contributed by atoms with Gasteiger partial charge in [0, 0.05) is 50.3 Å². The first-order valence-corrected chi connectivity index (χ1v) is 8.92. The van der Waals surface area contributed by atoms with Crippen LogP contribution < -0.4 is 4.90 Å². The monoisotopic (exact) mass is 327 g/mol. The van der Waals surface area contributed by atoms with Gasteiger partial charge in [0.15, 0.2) is 0 Å². The molecular formula is C19H25N3O2. The van der Waals surface area contributed by atoms with Crippen LogP contribution in [0, 0.1) is 0 Å². The van der Waals surface area contributed by atoms with Gasteiger partial charge in [-0.25, -0.2) is 4.98 Å². The van der Waals surface area contributed by atoms with Gasteiger partial charge in [0.2, 0.25) is 0 Å². The number of benzene rings is 1. The number of para-hydroxylation sites is 1. The highest BCUT2D eigenvalue weighted by Crippen LogP contribution is 2.25. The van der Waals surface area contributed by atoms with Crippen molar-refractivity contribution in [2.24, 2.45) is 0 Å². The Morgan fingerprint density at radius 3 is 2.75 bits per heavy atom. The van der Waals surface area contributed by atoms with Gasteiger partial charge in [0.05, 0.1) is 18.2 Å². The Morgan fingerprint density at radius 1 is 1.17 bits per heavy atom. The molecule has 0 amide bonds. The molecule has 1 N–H and O–H groups in total. The lowest BCUT2D eigenvalue weighted by Crippen LogP contribution is -2.49. The number of aliphatic hydroxyl groups is 1. The van der Waals surface area contributed by atoms with Gasteiger partial charge in [-0.1, -0.05) is 18.2 Å². The average Bonchev–Trinajstić information content (AvgIpc) is 3.14. The number of fused-ring (bicyclic) bond motifs is 1. The number of pyridine rings is 1. The summed E-state index contributed by atoms with van der Waals surface area (Å²) in [5.41, 5.74) is 1.91. The van der Waals surface area contributed by atoms with Crippen LogP contribution in [0.5, 0.6) is 0 Å². The number of piperazine rings is 1. The minimum Gasteiger partial charge on any atom is -0.392 e. The Bertz CT molecular complexity index is 692. The van der Waals surface area contributed by atoms with Crippen molar-refractivity contribution in [3.8, 4) is 0 Å². The fourth-order valence-electron chi connectivity index (χ4n) is 3.76. The summed E-state index contributed by atoms with van der Waals surface area (Å²) in [7, 11) is 0. The molecule has 1 aromatic carbocycles. The molecule has 0 spiro atoms. The molecule has 24 heavy (non-hydrogen) atoms. The van der Waals surface area contributed by atoms with Gasteiger partial charge < -0.3 is 14.7 Å². The molecule has 0 aliphatic carbocycles. The predicted octanol–water partition coefficient (Wildman–Crippen LogP) is 2.03. The van der Waals surface area contributed by atoms with Crippen LogP contribution in [0.25, 0.3) is 10.9 Å². The second-order valence-electron chi connectivity index (χ2n) is 6.74. The van der Waals surface area contributed by atoms with Crippen molar-refractivity contribution in [2.45, 2.75) is 25.6 Å². The van der Waals surface area contributed by atoms with Gasteiger partial charge in [-0.15, -0.1) is 0 Å². The van der Waals surface area contributed by atoms with Gasteiger partial charge in [0.1, 0.15) is 5.82 Å². The topological polar surface area (TPSA) is 48.8 Å². The van der Waals surface area contributed by atoms with Crippen molar-refractivity contribution in [3.05, 3.63) is 35.9 Å². The Balaban J connectivity index is 1.47. The summed E-state index contributed by atoms with van der Waals surface area (Å²) in [6.07, 6.45) is 2.82. The van der Waals surface area contributed by atoms with Gasteiger partial charge >= 0.3 is 0 Å². The van der Waals surface area contributed by atoms with Crippen LogP contribution in [-0.4, -0.2) is 60.4 Å². The third kappa shape index (κ3) is 3.24. The smallest absolute Gasteiger partial charge is 0.134 e. The molecular weight excluding hydrogens is 302 g/mol. The first kappa shape index (κ1) is 15.8. The molecule has 5 nitrogen and oxygen atoms in total. The number of nitrogens with zero attached hydrogens (tertiary/aromatic N) is 3. The summed E-state index contributed by atoms with van der Waals surface area (Å²) < 4.78 is 5.75. The van der Waals surface area contributed by atoms with Crippen LogP contribution in [0.4, 0.5) is 5.82 Å². The fraction of sp³-hybridized carbons (Fsp3) is 0.526. The number of rotatable bonds is 4. The first-order valence-electron chi connectivity index (χ1n) is 8.92. The molecule has 3 heterocycles. The fourth-order valence-corrected chi connectivity index (χ4v) is 3.76. The molecule has 128 valence electrons. The second-order valence-corrected chi connectivity index (χ2v) is 6.74. The summed E-state index contributed by atoms with van der Waals surface area (Å²) in [4.78, 5) is 9.62. The van der Waals surface area contributed by atoms with Crippen LogP contribution in [0.15, 0.2) is 30.3 Å². The molecule has 1 atom stereocenters. The van der Waals surface area contributed by atoms with E-state index in [9.17, 15) is 5.11 Å². The van der Waals surface area contributed by atoms with Gasteiger partial charge in [-0.3, -0.25) is 4.90 Å². The lowest BCUT2D eigenvalue weighted by Gasteiger charge is -2.37. The highest BCUT2D eigenvalue weighted by atomic mass is 16.5. The standard InChI is InChI=1S/C19H25N3O2/c23-14-16-12-15-4-1-2-6-18(15)20-19(16)22-9-7-21(8-10-22)13-17-5-3-11-24-17/h1-2,4,6,12,17,23H,3,5,7-11,13-14H2. The Labute approximate surface area is 142 Å². The van der Waals surface area contributed by atoms with E-state index >= 15 is 0 Å². The second kappa shape index (κ2) is 7.05. The van der Waals surface area contributed by atoms with E-state index in [4.69, 9.17) is 9.72 Å². The molecule has 4 rings (SSSR count). The van der Waals surface area contributed by atoms with E-state index in [2.05, 4.69) is 15.9 Å². The number of hydrogen-bond acceptors (Lipinski definition) is 5. The summed E-state index contributed by atoms with van der Waals surface area (Å²) in [5, 5.41) is 10.8. The van der Waals surface area contributed by atoms with Crippen LogP contribution in [0.2, 0.25) is 0 Å². The first-order chi connectivity index (χ1) is 11.8. The minimum atomic E-state index is 0.0310. The Hall–Kier alpha value is -1.69. The van der Waals surface area contributed by atoms with Crippen molar-refractivity contribution < 1.29 is 9.84 Å². The molecule has 2 saturated heterocycles. The van der Waals surface area contributed by atoms with Crippen LogP contribution in [-0.2, 0) is 11.3 Å². The summed E-state index contributed by atoms with van der Waals surface area (Å²) in [6.45, 7) is 5.95. The zero-order chi connectivity index (χ0) is 16.4. The number of aliphatic hydroxyl groups excluding tert-OH is 1. The van der Waals surface area contributed by atoms with E-state index in [1.807, 2.05) is 24.3 Å². The number of anilines is 1. The van der Waals surface area contributed by atoms with Crippen molar-refractivity contribution in [2.75, 3.05) is 44.2 Å². The predicted molar refractivity (Wildman–Crippen MR) is 95.3 cm³/mol. The Kier molecular flexibility index (Phi) is 4.65. The number of hydrogen-bond donors (Lipinski definition) is 1. The molecule has 1 aromatic heterocycles. The van der Waals surface area contributed by atoms with Gasteiger partial charge in [-0.2, -0.15) is 0 Å². The van der Waals surface area contributed by atoms with E-state index < -0.39 is 0 Å². The summed E-state index contributed by atoms with van der Waals surface area (Å²) in [6, 6.07) is 10.2. The molecule has 2 aliphatic rings. The normalized spacial score (nSPS) is 22.4. The zero-order valence-corrected chi connectivity index (χ0v) is 14.0. The average molecular weight is 327 g/mol. The van der Waals surface area contributed by atoms with E-state index in [-0.39, 0.29) is 6.61 Å². The SMILES string of the molecule is OCc1cc2ccccc2nc1N1CCN(CC2CCCO2)CC1. The maximum atomic E-state index is 9.76. The number of ether oxygens (including phenoxy) is 1.